The maximum atomic E-state index is 13.0. The molecule has 0 radical (unpaired) electrons. The highest BCUT2D eigenvalue weighted by Gasteiger charge is 2.34. The number of hydrogen-bond donors (Lipinski definition) is 1. The van der Waals surface area contributed by atoms with Gasteiger partial charge in [-0.1, -0.05) is 24.3 Å². The van der Waals surface area contributed by atoms with E-state index in [-0.39, 0.29) is 12.5 Å². The summed E-state index contributed by atoms with van der Waals surface area (Å²) in [5.74, 6) is -0.583. The number of carbonyl (C=O) groups excluding carboxylic acids is 1. The van der Waals surface area contributed by atoms with E-state index in [0.29, 0.717) is 29.4 Å². The summed E-state index contributed by atoms with van der Waals surface area (Å²) in [4.78, 5) is 25.8. The first kappa shape index (κ1) is 15.9. The Morgan fingerprint density at radius 1 is 1.21 bits per heavy atom. The lowest BCUT2D eigenvalue weighted by molar-refractivity contribution is -0.144. The topological polar surface area (TPSA) is 76.1 Å². The Kier molecular flexibility index (Phi) is 4.37. The molecule has 1 atom stereocenters. The minimum Gasteiger partial charge on any atom is -0.493 e. The predicted molar refractivity (Wildman–Crippen MR) is 87.8 cm³/mol. The maximum Gasteiger partial charge on any atom is 0.346 e. The standard InChI is InChI=1S/C18H17NO5/c1-2-23-14-9-5-3-7-12(14)17(20)19-11-16(18(21)22)24-15-10-6-4-8-13(15)19/h3-10,16H,2,11H2,1H3,(H,21,22). The minimum atomic E-state index is -1.11. The lowest BCUT2D eigenvalue weighted by Gasteiger charge is -2.33. The van der Waals surface area contributed by atoms with Crippen LogP contribution in [0.3, 0.4) is 0 Å². The summed E-state index contributed by atoms with van der Waals surface area (Å²) >= 11 is 0. The molecule has 1 N–H and O–H groups in total. The van der Waals surface area contributed by atoms with Crippen molar-refractivity contribution in [2.45, 2.75) is 13.0 Å². The number of hydrogen-bond acceptors (Lipinski definition) is 4. The highest BCUT2D eigenvalue weighted by Crippen LogP contribution is 2.35. The van der Waals surface area contributed by atoms with Crippen molar-refractivity contribution >= 4 is 17.6 Å². The first-order chi connectivity index (χ1) is 11.6. The molecular weight excluding hydrogens is 310 g/mol. The van der Waals surface area contributed by atoms with Crippen LogP contribution in [0.1, 0.15) is 17.3 Å². The number of carbonyl (C=O) groups is 2. The van der Waals surface area contributed by atoms with Gasteiger partial charge < -0.3 is 19.5 Å². The maximum absolute atomic E-state index is 13.0. The third-order valence-electron chi connectivity index (χ3n) is 3.71. The number of carboxylic acids is 1. The van der Waals surface area contributed by atoms with Crippen LogP contribution in [-0.2, 0) is 4.79 Å². The van der Waals surface area contributed by atoms with Gasteiger partial charge in [-0.2, -0.15) is 0 Å². The van der Waals surface area contributed by atoms with Gasteiger partial charge in [0.25, 0.3) is 5.91 Å². The van der Waals surface area contributed by atoms with Gasteiger partial charge in [-0.15, -0.1) is 0 Å². The molecule has 3 rings (SSSR count). The molecule has 0 fully saturated rings. The SMILES string of the molecule is CCOc1ccccc1C(=O)N1CC(C(=O)O)Oc2ccccc21. The highest BCUT2D eigenvalue weighted by atomic mass is 16.5. The summed E-state index contributed by atoms with van der Waals surface area (Å²) in [5.41, 5.74) is 0.937. The highest BCUT2D eigenvalue weighted by molar-refractivity contribution is 6.09. The number of nitrogens with zero attached hydrogens (tertiary/aromatic N) is 1. The molecule has 24 heavy (non-hydrogen) atoms. The van der Waals surface area contributed by atoms with Crippen LogP contribution in [0.15, 0.2) is 48.5 Å². The van der Waals surface area contributed by atoms with Crippen molar-refractivity contribution in [1.82, 2.24) is 0 Å². The second-order valence-corrected chi connectivity index (χ2v) is 5.26. The average Bonchev–Trinajstić information content (AvgIpc) is 2.61. The van der Waals surface area contributed by atoms with E-state index < -0.39 is 12.1 Å². The van der Waals surface area contributed by atoms with Crippen LogP contribution in [0.5, 0.6) is 11.5 Å². The molecule has 0 bridgehead atoms. The lowest BCUT2D eigenvalue weighted by Crippen LogP contribution is -2.47. The van der Waals surface area contributed by atoms with Gasteiger partial charge >= 0.3 is 5.97 Å². The Morgan fingerprint density at radius 2 is 1.92 bits per heavy atom. The molecule has 6 nitrogen and oxygen atoms in total. The number of anilines is 1. The second-order valence-electron chi connectivity index (χ2n) is 5.26. The van der Waals surface area contributed by atoms with E-state index >= 15 is 0 Å². The lowest BCUT2D eigenvalue weighted by atomic mass is 10.1. The van der Waals surface area contributed by atoms with Crippen LogP contribution in [0.4, 0.5) is 5.69 Å². The summed E-state index contributed by atoms with van der Waals surface area (Å²) in [7, 11) is 0. The molecule has 2 aromatic rings. The van der Waals surface area contributed by atoms with Gasteiger partial charge in [-0.25, -0.2) is 4.79 Å². The second kappa shape index (κ2) is 6.62. The zero-order chi connectivity index (χ0) is 17.1. The van der Waals surface area contributed by atoms with E-state index in [0.717, 1.165) is 0 Å². The third-order valence-corrected chi connectivity index (χ3v) is 3.71. The van der Waals surface area contributed by atoms with Crippen LogP contribution in [-0.4, -0.2) is 36.2 Å². The fourth-order valence-electron chi connectivity index (χ4n) is 2.63. The average molecular weight is 327 g/mol. The number of benzene rings is 2. The van der Waals surface area contributed by atoms with Gasteiger partial charge in [0.1, 0.15) is 11.5 Å². The molecule has 0 aromatic heterocycles. The van der Waals surface area contributed by atoms with E-state index in [1.807, 2.05) is 6.92 Å². The van der Waals surface area contributed by atoms with Crippen molar-refractivity contribution < 1.29 is 24.2 Å². The number of aliphatic carboxylic acids is 1. The Labute approximate surface area is 139 Å². The Morgan fingerprint density at radius 3 is 2.67 bits per heavy atom. The number of carboxylic acid groups (broad SMARTS) is 1. The van der Waals surface area contributed by atoms with Crippen molar-refractivity contribution in [3.8, 4) is 11.5 Å². The van der Waals surface area contributed by atoms with Crippen molar-refractivity contribution in [3.63, 3.8) is 0 Å². The van der Waals surface area contributed by atoms with Crippen molar-refractivity contribution in [2.24, 2.45) is 0 Å². The van der Waals surface area contributed by atoms with Crippen molar-refractivity contribution in [2.75, 3.05) is 18.1 Å². The molecule has 0 saturated heterocycles. The molecule has 0 spiro atoms. The first-order valence-electron chi connectivity index (χ1n) is 7.64. The van der Waals surface area contributed by atoms with Crippen LogP contribution in [0, 0.1) is 0 Å². The van der Waals surface area contributed by atoms with Crippen molar-refractivity contribution in [3.05, 3.63) is 54.1 Å². The van der Waals surface area contributed by atoms with Gasteiger partial charge in [0, 0.05) is 0 Å². The van der Waals surface area contributed by atoms with E-state index in [4.69, 9.17) is 9.47 Å². The molecule has 1 heterocycles. The number of amides is 1. The quantitative estimate of drug-likeness (QED) is 0.934. The van der Waals surface area contributed by atoms with Crippen LogP contribution in [0.25, 0.3) is 0 Å². The zero-order valence-corrected chi connectivity index (χ0v) is 13.1. The van der Waals surface area contributed by atoms with Gasteiger partial charge in [0.2, 0.25) is 6.10 Å². The van der Waals surface area contributed by atoms with Gasteiger partial charge in [0.05, 0.1) is 24.4 Å². The summed E-state index contributed by atoms with van der Waals surface area (Å²) in [6.45, 7) is 2.21. The number of para-hydroxylation sites is 3. The molecule has 124 valence electrons. The molecular formula is C18H17NO5. The molecule has 2 aromatic carbocycles. The molecule has 1 amide bonds. The molecule has 0 aliphatic carbocycles. The summed E-state index contributed by atoms with van der Waals surface area (Å²) in [5, 5.41) is 9.29. The first-order valence-corrected chi connectivity index (χ1v) is 7.64. The van der Waals surface area contributed by atoms with Crippen molar-refractivity contribution in [1.29, 1.82) is 0 Å². The van der Waals surface area contributed by atoms with Gasteiger partial charge in [-0.3, -0.25) is 4.79 Å². The van der Waals surface area contributed by atoms with E-state index in [9.17, 15) is 14.7 Å². The number of fused-ring (bicyclic) bond motifs is 1. The summed E-state index contributed by atoms with van der Waals surface area (Å²) < 4.78 is 11.0. The van der Waals surface area contributed by atoms with Crippen LogP contribution >= 0.6 is 0 Å². The Hall–Kier alpha value is -3.02. The summed E-state index contributed by atoms with van der Waals surface area (Å²) in [6.07, 6.45) is -1.11. The van der Waals surface area contributed by atoms with Crippen LogP contribution < -0.4 is 14.4 Å². The fraction of sp³-hybridized carbons (Fsp3) is 0.222. The molecule has 6 heteroatoms. The van der Waals surface area contributed by atoms with E-state index in [1.54, 1.807) is 48.5 Å². The third kappa shape index (κ3) is 2.90. The number of ether oxygens (including phenoxy) is 2. The Bertz CT molecular complexity index is 774. The molecule has 1 aliphatic heterocycles. The van der Waals surface area contributed by atoms with E-state index in [1.165, 1.54) is 4.90 Å². The summed E-state index contributed by atoms with van der Waals surface area (Å²) in [6, 6.07) is 13.8. The van der Waals surface area contributed by atoms with Crippen LogP contribution in [0.2, 0.25) is 0 Å². The van der Waals surface area contributed by atoms with E-state index in [2.05, 4.69) is 0 Å². The fourth-order valence-corrected chi connectivity index (χ4v) is 2.63. The number of rotatable bonds is 4. The minimum absolute atomic E-state index is 0.0638. The molecule has 1 aliphatic rings. The largest absolute Gasteiger partial charge is 0.493 e. The van der Waals surface area contributed by atoms with Gasteiger partial charge in [-0.05, 0) is 31.2 Å². The smallest absolute Gasteiger partial charge is 0.346 e. The molecule has 1 unspecified atom stereocenters. The monoisotopic (exact) mass is 327 g/mol. The van der Waals surface area contributed by atoms with Gasteiger partial charge in [0.15, 0.2) is 0 Å². The zero-order valence-electron chi connectivity index (χ0n) is 13.1. The molecule has 0 saturated carbocycles. The Balaban J connectivity index is 2.01. The predicted octanol–water partition coefficient (Wildman–Crippen LogP) is 2.58. The normalized spacial score (nSPS) is 16.0.